The fraction of sp³-hybridized carbons (Fsp3) is 0.500. The van der Waals surface area contributed by atoms with E-state index in [1.807, 2.05) is 0 Å². The summed E-state index contributed by atoms with van der Waals surface area (Å²) in [5.41, 5.74) is -3.61. The van der Waals surface area contributed by atoms with Gasteiger partial charge in [0.05, 0.1) is 0 Å². The van der Waals surface area contributed by atoms with Gasteiger partial charge in [0.1, 0.15) is 6.54 Å². The number of rotatable bonds is 2. The molecule has 0 spiro atoms. The monoisotopic (exact) mass is 263 g/mol. The Morgan fingerprint density at radius 1 is 1.24 bits per heavy atom. The van der Waals surface area contributed by atoms with Gasteiger partial charge in [0.2, 0.25) is 5.69 Å². The summed E-state index contributed by atoms with van der Waals surface area (Å²) in [6.45, 7) is -2.07. The van der Waals surface area contributed by atoms with Crippen molar-refractivity contribution in [2.75, 3.05) is 0 Å². The minimum Gasteiger partial charge on any atom is -0.476 e. The van der Waals surface area contributed by atoms with Crippen molar-refractivity contribution in [1.29, 1.82) is 0 Å². The largest absolute Gasteiger partial charge is 0.476 e. The first-order chi connectivity index (χ1) is 7.52. The molecule has 0 aromatic carbocycles. The number of aromatic carboxylic acids is 1. The SMILES string of the molecule is O=C(O)c1nnn(CC(F)(F)F)c1C(F)(F)F. The van der Waals surface area contributed by atoms with Gasteiger partial charge < -0.3 is 5.11 Å². The molecule has 11 heteroatoms. The standard InChI is InChI=1S/C6H3F6N3O2/c7-5(8,9)1-15-3(6(10,11)12)2(4(16)17)13-14-15/h1H2,(H,16,17). The van der Waals surface area contributed by atoms with E-state index in [4.69, 9.17) is 5.11 Å². The van der Waals surface area contributed by atoms with Gasteiger partial charge in [-0.3, -0.25) is 0 Å². The molecule has 1 rings (SSSR count). The summed E-state index contributed by atoms with van der Waals surface area (Å²) in [6.07, 6.45) is -10.3. The summed E-state index contributed by atoms with van der Waals surface area (Å²) in [5.74, 6) is -2.11. The van der Waals surface area contributed by atoms with Crippen LogP contribution in [-0.4, -0.2) is 32.2 Å². The molecular weight excluding hydrogens is 260 g/mol. The molecule has 0 aliphatic rings. The molecule has 0 bridgehead atoms. The van der Waals surface area contributed by atoms with Crippen LogP contribution < -0.4 is 0 Å². The molecule has 0 saturated carbocycles. The highest BCUT2D eigenvalue weighted by Gasteiger charge is 2.44. The van der Waals surface area contributed by atoms with Crippen molar-refractivity contribution >= 4 is 5.97 Å². The Bertz CT molecular complexity index is 434. The van der Waals surface area contributed by atoms with Crippen molar-refractivity contribution in [3.05, 3.63) is 11.4 Å². The fourth-order valence-electron chi connectivity index (χ4n) is 1.02. The molecule has 1 N–H and O–H groups in total. The lowest BCUT2D eigenvalue weighted by atomic mass is 10.3. The van der Waals surface area contributed by atoms with Gasteiger partial charge in [0.25, 0.3) is 0 Å². The lowest BCUT2D eigenvalue weighted by Crippen LogP contribution is -2.25. The van der Waals surface area contributed by atoms with E-state index in [1.165, 1.54) is 0 Å². The first-order valence-electron chi connectivity index (χ1n) is 3.83. The van der Waals surface area contributed by atoms with E-state index in [0.29, 0.717) is 0 Å². The average molecular weight is 263 g/mol. The zero-order chi connectivity index (χ0) is 13.4. The Hall–Kier alpha value is -1.81. The van der Waals surface area contributed by atoms with E-state index in [1.54, 1.807) is 0 Å². The molecule has 17 heavy (non-hydrogen) atoms. The Balaban J connectivity index is 3.29. The van der Waals surface area contributed by atoms with E-state index in [0.717, 1.165) is 0 Å². The van der Waals surface area contributed by atoms with Crippen LogP contribution in [0.15, 0.2) is 0 Å². The lowest BCUT2D eigenvalue weighted by Gasteiger charge is -2.11. The quantitative estimate of drug-likeness (QED) is 0.822. The maximum Gasteiger partial charge on any atom is 0.435 e. The van der Waals surface area contributed by atoms with Crippen LogP contribution in [-0.2, 0) is 12.7 Å². The van der Waals surface area contributed by atoms with Gasteiger partial charge in [-0.1, -0.05) is 5.21 Å². The molecule has 0 saturated heterocycles. The number of carboxylic acids is 1. The fourth-order valence-corrected chi connectivity index (χ4v) is 1.02. The molecule has 0 fully saturated rings. The third-order valence-electron chi connectivity index (χ3n) is 1.54. The highest BCUT2D eigenvalue weighted by molar-refractivity contribution is 5.86. The minimum absolute atomic E-state index is 0.538. The van der Waals surface area contributed by atoms with Crippen LogP contribution in [0.4, 0.5) is 26.3 Å². The number of alkyl halides is 6. The molecule has 5 nitrogen and oxygen atoms in total. The molecule has 0 atom stereocenters. The molecule has 96 valence electrons. The Labute approximate surface area is 88.6 Å². The van der Waals surface area contributed by atoms with Gasteiger partial charge >= 0.3 is 18.3 Å². The number of hydrogen-bond donors (Lipinski definition) is 1. The van der Waals surface area contributed by atoms with Crippen LogP contribution in [0.25, 0.3) is 0 Å². The molecule has 1 heterocycles. The lowest BCUT2D eigenvalue weighted by molar-refractivity contribution is -0.161. The highest BCUT2D eigenvalue weighted by atomic mass is 19.4. The van der Waals surface area contributed by atoms with Crippen LogP contribution >= 0.6 is 0 Å². The third kappa shape index (κ3) is 3.07. The third-order valence-corrected chi connectivity index (χ3v) is 1.54. The summed E-state index contributed by atoms with van der Waals surface area (Å²) >= 11 is 0. The first kappa shape index (κ1) is 13.3. The van der Waals surface area contributed by atoms with Crippen molar-refractivity contribution < 1.29 is 36.2 Å². The number of carboxylic acid groups (broad SMARTS) is 1. The van der Waals surface area contributed by atoms with E-state index < -0.39 is 40.9 Å². The van der Waals surface area contributed by atoms with Gasteiger partial charge in [0.15, 0.2) is 5.69 Å². The number of halogens is 6. The van der Waals surface area contributed by atoms with Gasteiger partial charge in [-0.2, -0.15) is 26.3 Å². The van der Waals surface area contributed by atoms with Crippen molar-refractivity contribution in [3.8, 4) is 0 Å². The van der Waals surface area contributed by atoms with E-state index in [-0.39, 0.29) is 0 Å². The molecule has 0 amide bonds. The topological polar surface area (TPSA) is 68.0 Å². The molecule has 0 aliphatic heterocycles. The zero-order valence-corrected chi connectivity index (χ0v) is 7.67. The van der Waals surface area contributed by atoms with Crippen LogP contribution in [0.1, 0.15) is 16.2 Å². The van der Waals surface area contributed by atoms with Gasteiger partial charge in [-0.25, -0.2) is 9.48 Å². The molecule has 0 unspecified atom stereocenters. The Morgan fingerprint density at radius 2 is 1.76 bits per heavy atom. The van der Waals surface area contributed by atoms with Crippen LogP contribution in [0, 0.1) is 0 Å². The molecule has 1 aromatic heterocycles. The van der Waals surface area contributed by atoms with Gasteiger partial charge in [-0.15, -0.1) is 5.10 Å². The molecular formula is C6H3F6N3O2. The molecule has 0 aliphatic carbocycles. The number of carbonyl (C=O) groups is 1. The normalized spacial score (nSPS) is 12.8. The van der Waals surface area contributed by atoms with Crippen molar-refractivity contribution in [2.24, 2.45) is 0 Å². The summed E-state index contributed by atoms with van der Waals surface area (Å²) in [4.78, 5) is 10.4. The zero-order valence-electron chi connectivity index (χ0n) is 7.67. The highest BCUT2D eigenvalue weighted by Crippen LogP contribution is 2.32. The molecule has 0 radical (unpaired) electrons. The summed E-state index contributed by atoms with van der Waals surface area (Å²) < 4.78 is 72.2. The molecule has 1 aromatic rings. The van der Waals surface area contributed by atoms with Gasteiger partial charge in [-0.05, 0) is 0 Å². The number of nitrogens with zero attached hydrogens (tertiary/aromatic N) is 3. The summed E-state index contributed by atoms with van der Waals surface area (Å²) in [7, 11) is 0. The Kier molecular flexibility index (Phi) is 3.03. The first-order valence-corrected chi connectivity index (χ1v) is 3.83. The van der Waals surface area contributed by atoms with Crippen molar-refractivity contribution in [1.82, 2.24) is 15.0 Å². The van der Waals surface area contributed by atoms with Crippen LogP contribution in [0.2, 0.25) is 0 Å². The van der Waals surface area contributed by atoms with E-state index in [2.05, 4.69) is 10.3 Å². The second-order valence-electron chi connectivity index (χ2n) is 2.86. The van der Waals surface area contributed by atoms with Gasteiger partial charge in [0, 0.05) is 0 Å². The summed E-state index contributed by atoms with van der Waals surface area (Å²) in [5, 5.41) is 13.4. The van der Waals surface area contributed by atoms with Crippen LogP contribution in [0.3, 0.4) is 0 Å². The second-order valence-corrected chi connectivity index (χ2v) is 2.86. The predicted molar refractivity (Wildman–Crippen MR) is 38.0 cm³/mol. The van der Waals surface area contributed by atoms with Crippen LogP contribution in [0.5, 0.6) is 0 Å². The smallest absolute Gasteiger partial charge is 0.435 e. The number of hydrogen-bond acceptors (Lipinski definition) is 3. The second kappa shape index (κ2) is 3.89. The maximum atomic E-state index is 12.3. The minimum atomic E-state index is -5.29. The van der Waals surface area contributed by atoms with Crippen molar-refractivity contribution in [2.45, 2.75) is 18.9 Å². The average Bonchev–Trinajstić information content (AvgIpc) is 2.43. The Morgan fingerprint density at radius 3 is 2.12 bits per heavy atom. The maximum absolute atomic E-state index is 12.3. The summed E-state index contributed by atoms with van der Waals surface area (Å²) in [6, 6.07) is 0. The predicted octanol–water partition coefficient (Wildman–Crippen LogP) is 1.56. The van der Waals surface area contributed by atoms with E-state index in [9.17, 15) is 31.1 Å². The van der Waals surface area contributed by atoms with E-state index >= 15 is 0 Å². The number of aromatic nitrogens is 3. The van der Waals surface area contributed by atoms with Crippen molar-refractivity contribution in [3.63, 3.8) is 0 Å².